The summed E-state index contributed by atoms with van der Waals surface area (Å²) >= 11 is 0. The maximum absolute atomic E-state index is 9.36. The molecule has 0 saturated carbocycles. The van der Waals surface area contributed by atoms with Crippen molar-refractivity contribution in [3.63, 3.8) is 0 Å². The number of nitrogens with zero attached hydrogens (tertiary/aromatic N) is 2. The molecule has 1 unspecified atom stereocenters. The molecule has 1 aliphatic rings. The molecule has 1 atom stereocenters. The first-order chi connectivity index (χ1) is 7.73. The zero-order valence-electron chi connectivity index (χ0n) is 11.0. The molecule has 0 N–H and O–H groups in total. The van der Waals surface area contributed by atoms with Gasteiger partial charge in [-0.15, -0.1) is 0 Å². The van der Waals surface area contributed by atoms with Gasteiger partial charge in [0.05, 0.1) is 6.07 Å². The fourth-order valence-electron chi connectivity index (χ4n) is 2.57. The number of rotatable bonds is 7. The Kier molecular flexibility index (Phi) is 5.84. The minimum absolute atomic E-state index is 0.192. The summed E-state index contributed by atoms with van der Waals surface area (Å²) < 4.78 is 0. The van der Waals surface area contributed by atoms with Crippen molar-refractivity contribution in [2.24, 2.45) is 0 Å². The highest BCUT2D eigenvalue weighted by Crippen LogP contribution is 2.26. The summed E-state index contributed by atoms with van der Waals surface area (Å²) in [5, 5.41) is 9.36. The molecule has 0 spiro atoms. The van der Waals surface area contributed by atoms with E-state index < -0.39 is 0 Å². The van der Waals surface area contributed by atoms with Gasteiger partial charge in [0.25, 0.3) is 0 Å². The summed E-state index contributed by atoms with van der Waals surface area (Å²) in [6, 6.07) is 2.54. The Morgan fingerprint density at radius 2 is 1.75 bits per heavy atom. The molecule has 0 amide bonds. The van der Waals surface area contributed by atoms with Crippen LogP contribution in [0.25, 0.3) is 0 Å². The molecule has 1 rings (SSSR count). The van der Waals surface area contributed by atoms with Crippen molar-refractivity contribution in [1.29, 1.82) is 5.26 Å². The van der Waals surface area contributed by atoms with Gasteiger partial charge in [0.1, 0.15) is 5.54 Å². The van der Waals surface area contributed by atoms with Crippen LogP contribution in [0.1, 0.15) is 65.2 Å². The summed E-state index contributed by atoms with van der Waals surface area (Å²) in [5.41, 5.74) is -0.192. The SMILES string of the molecule is CCCCCCCC(C)(C#N)N1CCCC1. The van der Waals surface area contributed by atoms with Crippen LogP contribution < -0.4 is 0 Å². The van der Waals surface area contributed by atoms with E-state index in [2.05, 4.69) is 24.8 Å². The molecule has 1 fully saturated rings. The fourth-order valence-corrected chi connectivity index (χ4v) is 2.57. The van der Waals surface area contributed by atoms with Gasteiger partial charge >= 0.3 is 0 Å². The molecule has 2 nitrogen and oxygen atoms in total. The third-order valence-corrected chi connectivity index (χ3v) is 3.81. The molecule has 0 aromatic carbocycles. The number of hydrogen-bond donors (Lipinski definition) is 0. The Bertz CT molecular complexity index is 225. The molecule has 1 heterocycles. The lowest BCUT2D eigenvalue weighted by atomic mass is 9.94. The van der Waals surface area contributed by atoms with E-state index in [1.807, 2.05) is 0 Å². The van der Waals surface area contributed by atoms with Gasteiger partial charge in [-0.05, 0) is 39.3 Å². The molecule has 1 aliphatic heterocycles. The summed E-state index contributed by atoms with van der Waals surface area (Å²) in [7, 11) is 0. The maximum atomic E-state index is 9.36. The van der Waals surface area contributed by atoms with E-state index in [1.54, 1.807) is 0 Å². The first kappa shape index (κ1) is 13.5. The van der Waals surface area contributed by atoms with Crippen LogP contribution in [0.15, 0.2) is 0 Å². The Morgan fingerprint density at radius 1 is 1.12 bits per heavy atom. The lowest BCUT2D eigenvalue weighted by molar-refractivity contribution is 0.176. The highest BCUT2D eigenvalue weighted by molar-refractivity contribution is 5.06. The van der Waals surface area contributed by atoms with Crippen LogP contribution in [-0.4, -0.2) is 23.5 Å². The second kappa shape index (κ2) is 6.91. The average Bonchev–Trinajstić information content (AvgIpc) is 2.82. The lowest BCUT2D eigenvalue weighted by Crippen LogP contribution is -2.43. The van der Waals surface area contributed by atoms with Crippen molar-refractivity contribution < 1.29 is 0 Å². The van der Waals surface area contributed by atoms with Gasteiger partial charge < -0.3 is 0 Å². The highest BCUT2D eigenvalue weighted by atomic mass is 15.2. The average molecular weight is 222 g/mol. The fraction of sp³-hybridized carbons (Fsp3) is 0.929. The van der Waals surface area contributed by atoms with Gasteiger partial charge in [-0.25, -0.2) is 0 Å². The van der Waals surface area contributed by atoms with Crippen LogP contribution >= 0.6 is 0 Å². The highest BCUT2D eigenvalue weighted by Gasteiger charge is 2.32. The van der Waals surface area contributed by atoms with Crippen molar-refractivity contribution >= 4 is 0 Å². The largest absolute Gasteiger partial charge is 0.286 e. The molecule has 16 heavy (non-hydrogen) atoms. The van der Waals surface area contributed by atoms with E-state index in [9.17, 15) is 5.26 Å². The van der Waals surface area contributed by atoms with Crippen LogP contribution in [0, 0.1) is 11.3 Å². The van der Waals surface area contributed by atoms with Gasteiger partial charge in [-0.3, -0.25) is 4.90 Å². The van der Waals surface area contributed by atoms with Gasteiger partial charge in [-0.1, -0.05) is 39.0 Å². The second-order valence-electron chi connectivity index (χ2n) is 5.24. The summed E-state index contributed by atoms with van der Waals surface area (Å²) in [4.78, 5) is 2.38. The zero-order valence-corrected chi connectivity index (χ0v) is 11.0. The minimum atomic E-state index is -0.192. The van der Waals surface area contributed by atoms with Crippen LogP contribution in [0.5, 0.6) is 0 Å². The van der Waals surface area contributed by atoms with E-state index in [-0.39, 0.29) is 5.54 Å². The first-order valence-corrected chi connectivity index (χ1v) is 6.89. The smallest absolute Gasteiger partial charge is 0.106 e. The summed E-state index contributed by atoms with van der Waals surface area (Å²) in [5.74, 6) is 0. The number of likely N-dealkylation sites (tertiary alicyclic amines) is 1. The molecular formula is C14H26N2. The molecule has 0 aliphatic carbocycles. The third kappa shape index (κ3) is 3.79. The van der Waals surface area contributed by atoms with Crippen molar-refractivity contribution in [2.45, 2.75) is 70.8 Å². The first-order valence-electron chi connectivity index (χ1n) is 6.89. The van der Waals surface area contributed by atoms with Crippen LogP contribution in [0.2, 0.25) is 0 Å². The number of hydrogen-bond acceptors (Lipinski definition) is 2. The minimum Gasteiger partial charge on any atom is -0.286 e. The van der Waals surface area contributed by atoms with Gasteiger partial charge in [0.15, 0.2) is 0 Å². The van der Waals surface area contributed by atoms with E-state index >= 15 is 0 Å². The Hall–Kier alpha value is -0.550. The summed E-state index contributed by atoms with van der Waals surface area (Å²) in [6.45, 7) is 6.61. The van der Waals surface area contributed by atoms with Crippen molar-refractivity contribution in [1.82, 2.24) is 4.90 Å². The van der Waals surface area contributed by atoms with E-state index in [4.69, 9.17) is 0 Å². The normalized spacial score (nSPS) is 20.6. The Morgan fingerprint density at radius 3 is 2.31 bits per heavy atom. The molecule has 92 valence electrons. The number of nitriles is 1. The quantitative estimate of drug-likeness (QED) is 0.614. The standard InChI is InChI=1S/C14H26N2/c1-3-4-5-6-7-10-14(2,13-15)16-11-8-9-12-16/h3-12H2,1-2H3. The maximum Gasteiger partial charge on any atom is 0.106 e. The predicted octanol–water partition coefficient (Wildman–Crippen LogP) is 3.72. The van der Waals surface area contributed by atoms with E-state index in [0.29, 0.717) is 0 Å². The van der Waals surface area contributed by atoms with Crippen LogP contribution in [0.4, 0.5) is 0 Å². The van der Waals surface area contributed by atoms with E-state index in [0.717, 1.165) is 19.5 Å². The third-order valence-electron chi connectivity index (χ3n) is 3.81. The molecule has 0 aromatic heterocycles. The van der Waals surface area contributed by atoms with E-state index in [1.165, 1.54) is 44.9 Å². The number of unbranched alkanes of at least 4 members (excludes halogenated alkanes) is 4. The topological polar surface area (TPSA) is 27.0 Å². The van der Waals surface area contributed by atoms with Crippen molar-refractivity contribution in [3.8, 4) is 6.07 Å². The van der Waals surface area contributed by atoms with Crippen molar-refractivity contribution in [3.05, 3.63) is 0 Å². The molecule has 0 radical (unpaired) electrons. The second-order valence-corrected chi connectivity index (χ2v) is 5.24. The molecular weight excluding hydrogens is 196 g/mol. The Labute approximate surface area is 101 Å². The molecule has 0 aromatic rings. The lowest BCUT2D eigenvalue weighted by Gasteiger charge is -2.32. The molecule has 0 bridgehead atoms. The van der Waals surface area contributed by atoms with Gasteiger partial charge in [0, 0.05) is 0 Å². The Balaban J connectivity index is 2.27. The molecule has 2 heteroatoms. The van der Waals surface area contributed by atoms with Gasteiger partial charge in [-0.2, -0.15) is 5.26 Å². The van der Waals surface area contributed by atoms with Crippen LogP contribution in [-0.2, 0) is 0 Å². The van der Waals surface area contributed by atoms with Gasteiger partial charge in [0.2, 0.25) is 0 Å². The van der Waals surface area contributed by atoms with Crippen molar-refractivity contribution in [2.75, 3.05) is 13.1 Å². The monoisotopic (exact) mass is 222 g/mol. The zero-order chi connectivity index (χ0) is 11.9. The molecule has 1 saturated heterocycles. The predicted molar refractivity (Wildman–Crippen MR) is 68.2 cm³/mol. The van der Waals surface area contributed by atoms with Crippen LogP contribution in [0.3, 0.4) is 0 Å². The summed E-state index contributed by atoms with van der Waals surface area (Å²) in [6.07, 6.45) is 10.1.